The standard InChI is InChI=1S/C16H12Cl3NO4/c1-8(15(22)20-14-11(18)3-2-4-12(14)19)24-16(23)10-6-5-9(17)7-13(10)21/h2-8,21H,1H3,(H,20,22)/t8-/m1/s1. The van der Waals surface area contributed by atoms with E-state index in [9.17, 15) is 14.7 Å². The fraction of sp³-hybridized carbons (Fsp3) is 0.125. The van der Waals surface area contributed by atoms with E-state index in [1.807, 2.05) is 0 Å². The summed E-state index contributed by atoms with van der Waals surface area (Å²) in [4.78, 5) is 24.2. The largest absolute Gasteiger partial charge is 0.507 e. The van der Waals surface area contributed by atoms with Crippen molar-refractivity contribution in [2.24, 2.45) is 0 Å². The van der Waals surface area contributed by atoms with Crippen LogP contribution in [0.25, 0.3) is 0 Å². The molecule has 5 nitrogen and oxygen atoms in total. The maximum absolute atomic E-state index is 12.1. The molecule has 0 aliphatic carbocycles. The van der Waals surface area contributed by atoms with Crippen molar-refractivity contribution in [3.63, 3.8) is 0 Å². The van der Waals surface area contributed by atoms with Gasteiger partial charge in [-0.2, -0.15) is 0 Å². The van der Waals surface area contributed by atoms with Gasteiger partial charge in [0.2, 0.25) is 0 Å². The van der Waals surface area contributed by atoms with Gasteiger partial charge in [0.1, 0.15) is 11.3 Å². The predicted octanol–water partition coefficient (Wildman–Crippen LogP) is 4.54. The average Bonchev–Trinajstić information content (AvgIpc) is 2.50. The number of anilines is 1. The lowest BCUT2D eigenvalue weighted by molar-refractivity contribution is -0.123. The number of esters is 1. The summed E-state index contributed by atoms with van der Waals surface area (Å²) in [6.45, 7) is 1.38. The molecule has 0 saturated carbocycles. The zero-order valence-corrected chi connectivity index (χ0v) is 14.6. The molecule has 1 atom stereocenters. The molecule has 0 fully saturated rings. The van der Waals surface area contributed by atoms with Crippen LogP contribution in [-0.2, 0) is 9.53 Å². The van der Waals surface area contributed by atoms with Crippen molar-refractivity contribution in [3.8, 4) is 5.75 Å². The fourth-order valence-electron chi connectivity index (χ4n) is 1.80. The normalized spacial score (nSPS) is 11.7. The number of phenols is 1. The highest BCUT2D eigenvalue weighted by Crippen LogP contribution is 2.30. The fourth-order valence-corrected chi connectivity index (χ4v) is 2.46. The van der Waals surface area contributed by atoms with E-state index in [-0.39, 0.29) is 32.1 Å². The van der Waals surface area contributed by atoms with Crippen LogP contribution < -0.4 is 5.32 Å². The maximum atomic E-state index is 12.1. The van der Waals surface area contributed by atoms with E-state index >= 15 is 0 Å². The lowest BCUT2D eigenvalue weighted by atomic mass is 10.2. The van der Waals surface area contributed by atoms with Crippen molar-refractivity contribution < 1.29 is 19.4 Å². The second-order valence-electron chi connectivity index (χ2n) is 4.79. The molecular formula is C16H12Cl3NO4. The van der Waals surface area contributed by atoms with Crippen molar-refractivity contribution in [2.45, 2.75) is 13.0 Å². The first-order valence-electron chi connectivity index (χ1n) is 6.74. The number of nitrogens with one attached hydrogen (secondary N) is 1. The van der Waals surface area contributed by atoms with Gasteiger partial charge in [-0.15, -0.1) is 0 Å². The monoisotopic (exact) mass is 387 g/mol. The van der Waals surface area contributed by atoms with E-state index < -0.39 is 18.0 Å². The first-order valence-corrected chi connectivity index (χ1v) is 7.87. The minimum atomic E-state index is -1.14. The van der Waals surface area contributed by atoms with Gasteiger partial charge in [-0.3, -0.25) is 4.79 Å². The third kappa shape index (κ3) is 4.32. The summed E-state index contributed by atoms with van der Waals surface area (Å²) in [5.74, 6) is -1.82. The van der Waals surface area contributed by atoms with Crippen LogP contribution >= 0.6 is 34.8 Å². The summed E-state index contributed by atoms with van der Waals surface area (Å²) >= 11 is 17.6. The topological polar surface area (TPSA) is 75.6 Å². The van der Waals surface area contributed by atoms with Gasteiger partial charge in [0.15, 0.2) is 6.10 Å². The molecule has 0 aliphatic rings. The summed E-state index contributed by atoms with van der Waals surface area (Å²) in [6, 6.07) is 8.68. The van der Waals surface area contributed by atoms with Gasteiger partial charge >= 0.3 is 5.97 Å². The first-order chi connectivity index (χ1) is 11.3. The van der Waals surface area contributed by atoms with Crippen LogP contribution in [-0.4, -0.2) is 23.1 Å². The third-order valence-corrected chi connectivity index (χ3v) is 3.91. The van der Waals surface area contributed by atoms with E-state index in [4.69, 9.17) is 39.5 Å². The van der Waals surface area contributed by atoms with Crippen LogP contribution in [0.5, 0.6) is 5.75 Å². The van der Waals surface area contributed by atoms with Crippen LogP contribution in [0.3, 0.4) is 0 Å². The second-order valence-corrected chi connectivity index (χ2v) is 6.05. The van der Waals surface area contributed by atoms with Gasteiger partial charge in [0, 0.05) is 5.02 Å². The number of para-hydroxylation sites is 1. The van der Waals surface area contributed by atoms with E-state index in [1.165, 1.54) is 25.1 Å². The number of hydrogen-bond donors (Lipinski definition) is 2. The van der Waals surface area contributed by atoms with Crippen molar-refractivity contribution in [1.82, 2.24) is 0 Å². The maximum Gasteiger partial charge on any atom is 0.342 e. The number of ether oxygens (including phenoxy) is 1. The van der Waals surface area contributed by atoms with Gasteiger partial charge in [-0.25, -0.2) is 4.79 Å². The molecule has 2 N–H and O–H groups in total. The molecule has 24 heavy (non-hydrogen) atoms. The summed E-state index contributed by atoms with van der Waals surface area (Å²) in [5, 5.41) is 13.0. The number of benzene rings is 2. The molecule has 126 valence electrons. The van der Waals surface area contributed by atoms with E-state index in [1.54, 1.807) is 18.2 Å². The second kappa shape index (κ2) is 7.75. The number of aromatic hydroxyl groups is 1. The van der Waals surface area contributed by atoms with Crippen LogP contribution in [0.4, 0.5) is 5.69 Å². The lowest BCUT2D eigenvalue weighted by Crippen LogP contribution is -2.30. The highest BCUT2D eigenvalue weighted by atomic mass is 35.5. The van der Waals surface area contributed by atoms with E-state index in [0.29, 0.717) is 0 Å². The summed E-state index contributed by atoms with van der Waals surface area (Å²) in [5.41, 5.74) is 0.123. The molecule has 1 amide bonds. The van der Waals surface area contributed by atoms with E-state index in [2.05, 4.69) is 5.32 Å². The highest BCUT2D eigenvalue weighted by molar-refractivity contribution is 6.39. The Morgan fingerprint density at radius 3 is 2.33 bits per heavy atom. The number of carbonyl (C=O) groups is 2. The molecule has 0 unspecified atom stereocenters. The van der Waals surface area contributed by atoms with Crippen LogP contribution in [0.1, 0.15) is 17.3 Å². The number of hydrogen-bond acceptors (Lipinski definition) is 4. The minimum Gasteiger partial charge on any atom is -0.507 e. The zero-order chi connectivity index (χ0) is 17.9. The Balaban J connectivity index is 2.07. The number of rotatable bonds is 4. The van der Waals surface area contributed by atoms with Crippen molar-refractivity contribution in [1.29, 1.82) is 0 Å². The van der Waals surface area contributed by atoms with Gasteiger partial charge in [0.05, 0.1) is 15.7 Å². The predicted molar refractivity (Wildman–Crippen MR) is 93.1 cm³/mol. The van der Waals surface area contributed by atoms with E-state index in [0.717, 1.165) is 0 Å². The van der Waals surface area contributed by atoms with Crippen LogP contribution in [0, 0.1) is 0 Å². The highest BCUT2D eigenvalue weighted by Gasteiger charge is 2.22. The molecule has 0 heterocycles. The SMILES string of the molecule is C[C@@H](OC(=O)c1ccc(Cl)cc1O)C(=O)Nc1c(Cl)cccc1Cl. The Kier molecular flexibility index (Phi) is 5.94. The zero-order valence-electron chi connectivity index (χ0n) is 12.3. The Bertz CT molecular complexity index is 775. The van der Waals surface area contributed by atoms with Crippen molar-refractivity contribution >= 4 is 52.4 Å². The number of phenolic OH excluding ortho intramolecular Hbond substituents is 1. The first kappa shape index (κ1) is 18.4. The third-order valence-electron chi connectivity index (χ3n) is 3.04. The molecule has 0 aromatic heterocycles. The molecule has 2 rings (SSSR count). The smallest absolute Gasteiger partial charge is 0.342 e. The average molecular weight is 389 g/mol. The van der Waals surface area contributed by atoms with Gasteiger partial charge in [-0.1, -0.05) is 40.9 Å². The molecule has 0 saturated heterocycles. The number of carbonyl (C=O) groups excluding carboxylic acids is 2. The molecule has 0 radical (unpaired) electrons. The molecule has 2 aromatic carbocycles. The van der Waals surface area contributed by atoms with Gasteiger partial charge in [-0.05, 0) is 37.3 Å². The Morgan fingerprint density at radius 2 is 1.75 bits per heavy atom. The van der Waals surface area contributed by atoms with Crippen LogP contribution in [0.15, 0.2) is 36.4 Å². The Morgan fingerprint density at radius 1 is 1.12 bits per heavy atom. The molecule has 2 aromatic rings. The van der Waals surface area contributed by atoms with Crippen molar-refractivity contribution in [2.75, 3.05) is 5.32 Å². The minimum absolute atomic E-state index is 0.102. The Hall–Kier alpha value is -1.95. The summed E-state index contributed by atoms with van der Waals surface area (Å²) in [6.07, 6.45) is -1.14. The molecule has 0 aliphatic heterocycles. The molecule has 0 spiro atoms. The van der Waals surface area contributed by atoms with Crippen molar-refractivity contribution in [3.05, 3.63) is 57.0 Å². The summed E-state index contributed by atoms with van der Waals surface area (Å²) < 4.78 is 5.03. The Labute approximate surface area is 153 Å². The lowest BCUT2D eigenvalue weighted by Gasteiger charge is -2.15. The number of amides is 1. The van der Waals surface area contributed by atoms with Crippen LogP contribution in [0.2, 0.25) is 15.1 Å². The summed E-state index contributed by atoms with van der Waals surface area (Å²) in [7, 11) is 0. The molecule has 0 bridgehead atoms. The quantitative estimate of drug-likeness (QED) is 0.754. The van der Waals surface area contributed by atoms with Gasteiger partial charge < -0.3 is 15.2 Å². The number of halogens is 3. The van der Waals surface area contributed by atoms with Gasteiger partial charge in [0.25, 0.3) is 5.91 Å². The molecule has 8 heteroatoms. The molecular weight excluding hydrogens is 377 g/mol.